The van der Waals surface area contributed by atoms with Crippen LogP contribution < -0.4 is 16.2 Å². The van der Waals surface area contributed by atoms with Gasteiger partial charge in [-0.15, -0.1) is 0 Å². The Morgan fingerprint density at radius 2 is 1.64 bits per heavy atom. The molecule has 2 aromatic carbocycles. The highest BCUT2D eigenvalue weighted by atomic mass is 16.5. The third-order valence-electron chi connectivity index (χ3n) is 3.74. The third-order valence-corrected chi connectivity index (χ3v) is 3.74. The molecule has 3 rings (SSSR count). The number of rotatable bonds is 3. The van der Waals surface area contributed by atoms with Crippen LogP contribution in [0.1, 0.15) is 17.5 Å². The van der Waals surface area contributed by atoms with Gasteiger partial charge in [0.1, 0.15) is 11.5 Å². The van der Waals surface area contributed by atoms with Crippen LogP contribution in [-0.4, -0.2) is 5.66 Å². The zero-order valence-corrected chi connectivity index (χ0v) is 12.6. The second-order valence-corrected chi connectivity index (χ2v) is 5.69. The molecule has 1 aliphatic carbocycles. The Bertz CT molecular complexity index is 730. The largest absolute Gasteiger partial charge is 0.461 e. The van der Waals surface area contributed by atoms with Gasteiger partial charge >= 0.3 is 0 Å². The van der Waals surface area contributed by atoms with Crippen LogP contribution >= 0.6 is 0 Å². The van der Waals surface area contributed by atoms with Gasteiger partial charge in [-0.1, -0.05) is 54.6 Å². The maximum Gasteiger partial charge on any atom is 0.129 e. The monoisotopic (exact) mass is 292 g/mol. The lowest BCUT2D eigenvalue weighted by Gasteiger charge is -2.28. The molecule has 0 saturated carbocycles. The van der Waals surface area contributed by atoms with E-state index in [0.29, 0.717) is 6.42 Å². The number of aryl methyl sites for hydroxylation is 1. The minimum absolute atomic E-state index is 0.460. The summed E-state index contributed by atoms with van der Waals surface area (Å²) < 4.78 is 6.16. The number of para-hydroxylation sites is 1. The molecule has 0 radical (unpaired) electrons. The first-order valence-corrected chi connectivity index (χ1v) is 7.34. The maximum absolute atomic E-state index is 6.16. The molecule has 2 aromatic rings. The van der Waals surface area contributed by atoms with Crippen molar-refractivity contribution in [2.75, 3.05) is 0 Å². The van der Waals surface area contributed by atoms with E-state index in [4.69, 9.17) is 16.2 Å². The van der Waals surface area contributed by atoms with Gasteiger partial charge in [-0.3, -0.25) is 0 Å². The van der Waals surface area contributed by atoms with E-state index in [2.05, 4.69) is 12.1 Å². The minimum atomic E-state index is -0.879. The zero-order chi connectivity index (χ0) is 15.6. The SMILES string of the molecule is Cc1ccccc1OC1=C(c2ccccc2)C=CC(N)(N)C1. The number of nitrogens with two attached hydrogens (primary N) is 2. The van der Waals surface area contributed by atoms with E-state index >= 15 is 0 Å². The first-order valence-electron chi connectivity index (χ1n) is 7.34. The summed E-state index contributed by atoms with van der Waals surface area (Å²) in [5.74, 6) is 1.63. The summed E-state index contributed by atoms with van der Waals surface area (Å²) in [6, 6.07) is 18.1. The smallest absolute Gasteiger partial charge is 0.129 e. The van der Waals surface area contributed by atoms with Crippen molar-refractivity contribution in [2.45, 2.75) is 19.0 Å². The van der Waals surface area contributed by atoms with Crippen LogP contribution in [0.15, 0.2) is 72.5 Å². The molecule has 3 nitrogen and oxygen atoms in total. The summed E-state index contributed by atoms with van der Waals surface area (Å²) in [4.78, 5) is 0. The quantitative estimate of drug-likeness (QED) is 0.853. The Balaban J connectivity index is 2.03. The Hall–Kier alpha value is -2.36. The van der Waals surface area contributed by atoms with Gasteiger partial charge in [0.05, 0.1) is 5.66 Å². The molecule has 0 fully saturated rings. The number of ether oxygens (including phenoxy) is 1. The lowest BCUT2D eigenvalue weighted by atomic mass is 9.92. The molecule has 4 N–H and O–H groups in total. The van der Waals surface area contributed by atoms with E-state index in [1.165, 1.54) is 0 Å². The van der Waals surface area contributed by atoms with Crippen molar-refractivity contribution in [3.05, 3.63) is 83.6 Å². The summed E-state index contributed by atoms with van der Waals surface area (Å²) in [5, 5.41) is 0. The lowest BCUT2D eigenvalue weighted by molar-refractivity contribution is 0.364. The van der Waals surface area contributed by atoms with Crippen LogP contribution in [0.5, 0.6) is 5.75 Å². The fourth-order valence-corrected chi connectivity index (χ4v) is 2.53. The van der Waals surface area contributed by atoms with Gasteiger partial charge in [0.25, 0.3) is 0 Å². The summed E-state index contributed by atoms with van der Waals surface area (Å²) >= 11 is 0. The van der Waals surface area contributed by atoms with Crippen molar-refractivity contribution in [3.63, 3.8) is 0 Å². The van der Waals surface area contributed by atoms with Gasteiger partial charge in [-0.25, -0.2) is 0 Å². The van der Waals surface area contributed by atoms with E-state index in [0.717, 1.165) is 28.2 Å². The normalized spacial score (nSPS) is 16.7. The molecule has 0 unspecified atom stereocenters. The molecule has 0 spiro atoms. The number of hydrogen-bond donors (Lipinski definition) is 2. The molecule has 0 saturated heterocycles. The van der Waals surface area contributed by atoms with Crippen LogP contribution in [0.4, 0.5) is 0 Å². The van der Waals surface area contributed by atoms with Gasteiger partial charge in [-0.05, 0) is 30.2 Å². The van der Waals surface area contributed by atoms with Crippen molar-refractivity contribution >= 4 is 5.57 Å². The van der Waals surface area contributed by atoms with Gasteiger partial charge in [0, 0.05) is 12.0 Å². The predicted molar refractivity (Wildman–Crippen MR) is 90.0 cm³/mol. The van der Waals surface area contributed by atoms with E-state index < -0.39 is 5.66 Å². The molecule has 0 atom stereocenters. The summed E-state index contributed by atoms with van der Waals surface area (Å²) in [6.45, 7) is 2.02. The molecule has 22 heavy (non-hydrogen) atoms. The van der Waals surface area contributed by atoms with Crippen LogP contribution in [-0.2, 0) is 0 Å². The Kier molecular flexibility index (Phi) is 3.84. The maximum atomic E-state index is 6.16. The summed E-state index contributed by atoms with van der Waals surface area (Å²) in [5.41, 5.74) is 14.5. The third kappa shape index (κ3) is 3.11. The van der Waals surface area contributed by atoms with E-state index in [-0.39, 0.29) is 0 Å². The molecule has 0 amide bonds. The molecule has 1 aliphatic rings. The number of benzene rings is 2. The average Bonchev–Trinajstić information content (AvgIpc) is 2.50. The highest BCUT2D eigenvalue weighted by molar-refractivity contribution is 5.77. The molecule has 0 bridgehead atoms. The predicted octanol–water partition coefficient (Wildman–Crippen LogP) is 3.36. The van der Waals surface area contributed by atoms with Gasteiger partial charge in [0.2, 0.25) is 0 Å². The average molecular weight is 292 g/mol. The van der Waals surface area contributed by atoms with Crippen molar-refractivity contribution in [2.24, 2.45) is 11.5 Å². The standard InChI is InChI=1S/C19H20N2O/c1-14-7-5-6-10-17(14)22-18-13-19(20,21)12-11-16(18)15-8-3-2-4-9-15/h2-12H,13,20-21H2,1H3. The number of hydrogen-bond acceptors (Lipinski definition) is 3. The highest BCUT2D eigenvalue weighted by Crippen LogP contribution is 2.32. The lowest BCUT2D eigenvalue weighted by Crippen LogP contribution is -2.49. The van der Waals surface area contributed by atoms with Crippen LogP contribution in [0.3, 0.4) is 0 Å². The first kappa shape index (κ1) is 14.6. The molecule has 0 heterocycles. The molecule has 112 valence electrons. The molecule has 0 aromatic heterocycles. The minimum Gasteiger partial charge on any atom is -0.461 e. The van der Waals surface area contributed by atoms with Crippen LogP contribution in [0, 0.1) is 6.92 Å². The highest BCUT2D eigenvalue weighted by Gasteiger charge is 2.26. The van der Waals surface area contributed by atoms with Gasteiger partial charge in [0.15, 0.2) is 0 Å². The molecule has 3 heteroatoms. The molecule has 0 aliphatic heterocycles. The van der Waals surface area contributed by atoms with Crippen molar-refractivity contribution < 1.29 is 4.74 Å². The van der Waals surface area contributed by atoms with Crippen LogP contribution in [0.25, 0.3) is 5.57 Å². The Labute approximate surface area is 130 Å². The molecular weight excluding hydrogens is 272 g/mol. The van der Waals surface area contributed by atoms with Crippen molar-refractivity contribution in [3.8, 4) is 5.75 Å². The topological polar surface area (TPSA) is 61.3 Å². The summed E-state index contributed by atoms with van der Waals surface area (Å²) in [7, 11) is 0. The van der Waals surface area contributed by atoms with E-state index in [9.17, 15) is 0 Å². The van der Waals surface area contributed by atoms with Gasteiger partial charge < -0.3 is 16.2 Å². The second-order valence-electron chi connectivity index (χ2n) is 5.69. The first-order chi connectivity index (χ1) is 10.6. The van der Waals surface area contributed by atoms with Gasteiger partial charge in [-0.2, -0.15) is 0 Å². The van der Waals surface area contributed by atoms with E-state index in [1.807, 2.05) is 61.5 Å². The Morgan fingerprint density at radius 1 is 0.955 bits per heavy atom. The second kappa shape index (κ2) is 5.79. The van der Waals surface area contributed by atoms with Crippen molar-refractivity contribution in [1.29, 1.82) is 0 Å². The Morgan fingerprint density at radius 3 is 2.36 bits per heavy atom. The van der Waals surface area contributed by atoms with E-state index in [1.54, 1.807) is 0 Å². The fraction of sp³-hybridized carbons (Fsp3) is 0.158. The fourth-order valence-electron chi connectivity index (χ4n) is 2.53. The molecular formula is C19H20N2O. The van der Waals surface area contributed by atoms with Crippen molar-refractivity contribution in [1.82, 2.24) is 0 Å². The summed E-state index contributed by atoms with van der Waals surface area (Å²) in [6.07, 6.45) is 4.24. The number of allylic oxidation sites excluding steroid dienone is 2. The zero-order valence-electron chi connectivity index (χ0n) is 12.6. The van der Waals surface area contributed by atoms with Crippen LogP contribution in [0.2, 0.25) is 0 Å².